The Morgan fingerprint density at radius 2 is 1.92 bits per heavy atom. The highest BCUT2D eigenvalue weighted by Crippen LogP contribution is 2.25. The van der Waals surface area contributed by atoms with Crippen LogP contribution in [0.15, 0.2) is 47.6 Å². The van der Waals surface area contributed by atoms with Gasteiger partial charge in [-0.3, -0.25) is 9.36 Å². The molecule has 1 aromatic heterocycles. The molecule has 0 radical (unpaired) electrons. The third-order valence-electron chi connectivity index (χ3n) is 3.74. The van der Waals surface area contributed by atoms with E-state index in [4.69, 9.17) is 23.2 Å². The van der Waals surface area contributed by atoms with Crippen LogP contribution in [0.3, 0.4) is 0 Å². The first kappa shape index (κ1) is 18.8. The maximum absolute atomic E-state index is 12.3. The van der Waals surface area contributed by atoms with Crippen LogP contribution in [0.4, 0.5) is 5.69 Å². The largest absolute Gasteiger partial charge is 0.325 e. The van der Waals surface area contributed by atoms with E-state index in [1.165, 1.54) is 11.8 Å². The Labute approximate surface area is 165 Å². The molecule has 134 valence electrons. The van der Waals surface area contributed by atoms with Crippen molar-refractivity contribution in [3.63, 3.8) is 0 Å². The number of thioether (sulfide) groups is 1. The fourth-order valence-corrected chi connectivity index (χ4v) is 3.56. The highest BCUT2D eigenvalue weighted by atomic mass is 35.5. The summed E-state index contributed by atoms with van der Waals surface area (Å²) in [6, 6.07) is 12.8. The number of carbonyl (C=O) groups is 1. The topological polar surface area (TPSA) is 59.8 Å². The highest BCUT2D eigenvalue weighted by Gasteiger charge is 2.14. The molecule has 0 unspecified atom stereocenters. The summed E-state index contributed by atoms with van der Waals surface area (Å²) >= 11 is 13.5. The predicted octanol–water partition coefficient (Wildman–Crippen LogP) is 4.92. The number of hydrogen-bond donors (Lipinski definition) is 1. The molecule has 8 heteroatoms. The molecule has 3 aromatic rings. The van der Waals surface area contributed by atoms with Gasteiger partial charge in [0.05, 0.1) is 11.4 Å². The van der Waals surface area contributed by atoms with Gasteiger partial charge in [0.1, 0.15) is 5.82 Å². The molecule has 0 saturated carbocycles. The summed E-state index contributed by atoms with van der Waals surface area (Å²) in [6.45, 7) is 3.72. The number of rotatable bonds is 5. The number of hydrogen-bond acceptors (Lipinski definition) is 4. The van der Waals surface area contributed by atoms with Crippen molar-refractivity contribution in [1.82, 2.24) is 14.8 Å². The maximum atomic E-state index is 12.3. The molecule has 0 aliphatic carbocycles. The molecular weight excluding hydrogens is 391 g/mol. The minimum Gasteiger partial charge on any atom is -0.325 e. The van der Waals surface area contributed by atoms with Crippen molar-refractivity contribution in [2.24, 2.45) is 0 Å². The second-order valence-corrected chi connectivity index (χ2v) is 7.38. The number of aromatic nitrogens is 3. The van der Waals surface area contributed by atoms with Gasteiger partial charge in [0.2, 0.25) is 5.91 Å². The molecular formula is C18H16Cl2N4OS. The molecule has 26 heavy (non-hydrogen) atoms. The third kappa shape index (κ3) is 4.20. The standard InChI is InChI=1S/C18H16Cl2N4OS/c1-11-15(20)7-4-8-16(11)21-17(25)10-26-18-23-22-12(2)24(18)14-6-3-5-13(19)9-14/h3-9H,10H2,1-2H3,(H,21,25). The van der Waals surface area contributed by atoms with E-state index >= 15 is 0 Å². The van der Waals surface area contributed by atoms with Gasteiger partial charge < -0.3 is 5.32 Å². The normalized spacial score (nSPS) is 10.8. The zero-order chi connectivity index (χ0) is 18.7. The summed E-state index contributed by atoms with van der Waals surface area (Å²) in [6.07, 6.45) is 0. The summed E-state index contributed by atoms with van der Waals surface area (Å²) in [5.41, 5.74) is 2.40. The van der Waals surface area contributed by atoms with E-state index < -0.39 is 0 Å². The Morgan fingerprint density at radius 3 is 2.69 bits per heavy atom. The predicted molar refractivity (Wildman–Crippen MR) is 107 cm³/mol. The molecule has 5 nitrogen and oxygen atoms in total. The Balaban J connectivity index is 1.72. The lowest BCUT2D eigenvalue weighted by atomic mass is 10.2. The maximum Gasteiger partial charge on any atom is 0.234 e. The second-order valence-electron chi connectivity index (χ2n) is 5.59. The van der Waals surface area contributed by atoms with Crippen LogP contribution in [0, 0.1) is 13.8 Å². The van der Waals surface area contributed by atoms with Gasteiger partial charge in [0.25, 0.3) is 0 Å². The van der Waals surface area contributed by atoms with E-state index in [1.54, 1.807) is 18.2 Å². The Bertz CT molecular complexity index is 958. The first-order valence-corrected chi connectivity index (χ1v) is 9.55. The van der Waals surface area contributed by atoms with Gasteiger partial charge in [0.15, 0.2) is 5.16 Å². The van der Waals surface area contributed by atoms with Crippen molar-refractivity contribution >= 4 is 46.6 Å². The van der Waals surface area contributed by atoms with Gasteiger partial charge in [-0.05, 0) is 49.7 Å². The number of nitrogens with one attached hydrogen (secondary N) is 1. The van der Waals surface area contributed by atoms with E-state index in [0.29, 0.717) is 20.9 Å². The minimum absolute atomic E-state index is 0.140. The Kier molecular flexibility index (Phi) is 5.86. The first-order valence-electron chi connectivity index (χ1n) is 7.81. The molecule has 0 atom stereocenters. The number of nitrogens with zero attached hydrogens (tertiary/aromatic N) is 3. The first-order chi connectivity index (χ1) is 12.5. The fourth-order valence-electron chi connectivity index (χ4n) is 2.41. The zero-order valence-corrected chi connectivity index (χ0v) is 16.5. The monoisotopic (exact) mass is 406 g/mol. The van der Waals surface area contributed by atoms with E-state index in [1.807, 2.05) is 42.7 Å². The molecule has 1 heterocycles. The number of aryl methyl sites for hydroxylation is 1. The van der Waals surface area contributed by atoms with E-state index in [-0.39, 0.29) is 11.7 Å². The van der Waals surface area contributed by atoms with Crippen LogP contribution < -0.4 is 5.32 Å². The van der Waals surface area contributed by atoms with Crippen LogP contribution in [0.1, 0.15) is 11.4 Å². The smallest absolute Gasteiger partial charge is 0.234 e. The molecule has 0 fully saturated rings. The van der Waals surface area contributed by atoms with Crippen LogP contribution >= 0.6 is 35.0 Å². The van der Waals surface area contributed by atoms with Crippen LogP contribution in [0.25, 0.3) is 5.69 Å². The zero-order valence-electron chi connectivity index (χ0n) is 14.2. The average Bonchev–Trinajstić information content (AvgIpc) is 2.98. The Hall–Kier alpha value is -2.02. The van der Waals surface area contributed by atoms with Gasteiger partial charge in [0, 0.05) is 15.7 Å². The number of amides is 1. The van der Waals surface area contributed by atoms with Crippen LogP contribution in [0.2, 0.25) is 10.0 Å². The van der Waals surface area contributed by atoms with Crippen molar-refractivity contribution < 1.29 is 4.79 Å². The van der Waals surface area contributed by atoms with Crippen molar-refractivity contribution in [1.29, 1.82) is 0 Å². The summed E-state index contributed by atoms with van der Waals surface area (Å²) in [5.74, 6) is 0.782. The summed E-state index contributed by atoms with van der Waals surface area (Å²) in [7, 11) is 0. The van der Waals surface area contributed by atoms with Crippen molar-refractivity contribution in [2.45, 2.75) is 19.0 Å². The molecule has 0 aliphatic heterocycles. The molecule has 0 saturated heterocycles. The van der Waals surface area contributed by atoms with Crippen molar-refractivity contribution in [3.05, 3.63) is 63.9 Å². The SMILES string of the molecule is Cc1c(Cl)cccc1NC(=O)CSc1nnc(C)n1-c1cccc(Cl)c1. The van der Waals surface area contributed by atoms with E-state index in [0.717, 1.165) is 17.1 Å². The molecule has 3 rings (SSSR count). The van der Waals surface area contributed by atoms with Crippen molar-refractivity contribution in [3.8, 4) is 5.69 Å². The third-order valence-corrected chi connectivity index (χ3v) is 5.31. The Morgan fingerprint density at radius 1 is 1.15 bits per heavy atom. The van der Waals surface area contributed by atoms with Gasteiger partial charge in [-0.15, -0.1) is 10.2 Å². The summed E-state index contributed by atoms with van der Waals surface area (Å²) < 4.78 is 1.87. The number of anilines is 1. The van der Waals surface area contributed by atoms with Gasteiger partial charge in [-0.1, -0.05) is 47.1 Å². The molecule has 0 bridgehead atoms. The quantitative estimate of drug-likeness (QED) is 0.610. The highest BCUT2D eigenvalue weighted by molar-refractivity contribution is 7.99. The lowest BCUT2D eigenvalue weighted by Gasteiger charge is -2.10. The van der Waals surface area contributed by atoms with E-state index in [9.17, 15) is 4.79 Å². The lowest BCUT2D eigenvalue weighted by molar-refractivity contribution is -0.113. The fraction of sp³-hybridized carbons (Fsp3) is 0.167. The van der Waals surface area contributed by atoms with Gasteiger partial charge in [-0.25, -0.2) is 0 Å². The molecule has 0 spiro atoms. The van der Waals surface area contributed by atoms with Crippen LogP contribution in [-0.2, 0) is 4.79 Å². The van der Waals surface area contributed by atoms with Crippen molar-refractivity contribution in [2.75, 3.05) is 11.1 Å². The molecule has 1 amide bonds. The molecule has 0 aliphatic rings. The molecule has 2 aromatic carbocycles. The number of halogens is 2. The van der Waals surface area contributed by atoms with Crippen LogP contribution in [0.5, 0.6) is 0 Å². The van der Waals surface area contributed by atoms with Crippen LogP contribution in [-0.4, -0.2) is 26.4 Å². The van der Waals surface area contributed by atoms with Gasteiger partial charge >= 0.3 is 0 Å². The lowest BCUT2D eigenvalue weighted by Crippen LogP contribution is -2.15. The number of benzene rings is 2. The summed E-state index contributed by atoms with van der Waals surface area (Å²) in [5, 5.41) is 13.0. The minimum atomic E-state index is -0.140. The van der Waals surface area contributed by atoms with E-state index in [2.05, 4.69) is 15.5 Å². The molecule has 1 N–H and O–H groups in total. The van der Waals surface area contributed by atoms with Gasteiger partial charge in [-0.2, -0.15) is 0 Å². The second kappa shape index (κ2) is 8.12. The summed E-state index contributed by atoms with van der Waals surface area (Å²) in [4.78, 5) is 12.3. The number of carbonyl (C=O) groups excluding carboxylic acids is 1. The average molecular weight is 407 g/mol.